The quantitative estimate of drug-likeness (QED) is 0.636. The number of hydrogen-bond donors (Lipinski definition) is 4. The van der Waals surface area contributed by atoms with Crippen molar-refractivity contribution in [2.24, 2.45) is 5.73 Å². The molecule has 148 valence electrons. The van der Waals surface area contributed by atoms with E-state index in [0.717, 1.165) is 37.6 Å². The fourth-order valence-electron chi connectivity index (χ4n) is 4.37. The number of nitrogens with two attached hydrogens (primary N) is 1. The molecule has 7 nitrogen and oxygen atoms in total. The highest BCUT2D eigenvalue weighted by molar-refractivity contribution is 5.97. The van der Waals surface area contributed by atoms with Crippen LogP contribution in [0.5, 0.6) is 0 Å². The number of nitrogens with one attached hydrogen (secondary N) is 2. The van der Waals surface area contributed by atoms with E-state index in [1.807, 2.05) is 6.07 Å². The number of nitrogens with zero attached hydrogens (tertiary/aromatic N) is 1. The number of benzene rings is 1. The Morgan fingerprint density at radius 3 is 2.59 bits per heavy atom. The van der Waals surface area contributed by atoms with Crippen molar-refractivity contribution >= 4 is 29.3 Å². The summed E-state index contributed by atoms with van der Waals surface area (Å²) in [6, 6.07) is 5.75. The van der Waals surface area contributed by atoms with Crippen LogP contribution in [0.2, 0.25) is 0 Å². The smallest absolute Gasteiger partial charge is 0.326 e. The number of aromatic amines is 1. The first-order valence-electron chi connectivity index (χ1n) is 9.50. The van der Waals surface area contributed by atoms with E-state index in [9.17, 15) is 14.7 Å². The average Bonchev–Trinajstić information content (AvgIpc) is 3.17. The summed E-state index contributed by atoms with van der Waals surface area (Å²) < 4.78 is 1.78. The Morgan fingerprint density at radius 2 is 1.93 bits per heavy atom. The van der Waals surface area contributed by atoms with Gasteiger partial charge in [-0.25, -0.2) is 4.79 Å². The van der Waals surface area contributed by atoms with Gasteiger partial charge in [-0.3, -0.25) is 9.36 Å². The number of hydrogen-bond acceptors (Lipinski definition) is 4. The van der Waals surface area contributed by atoms with E-state index >= 15 is 0 Å². The molecular formula is C19H27ClN4O3. The lowest BCUT2D eigenvalue weighted by Crippen LogP contribution is -2.34. The van der Waals surface area contributed by atoms with Gasteiger partial charge < -0.3 is 21.1 Å². The van der Waals surface area contributed by atoms with Crippen molar-refractivity contribution in [2.45, 2.75) is 69.2 Å². The first kappa shape index (κ1) is 19.9. The van der Waals surface area contributed by atoms with Crippen molar-refractivity contribution in [1.82, 2.24) is 14.9 Å². The van der Waals surface area contributed by atoms with Crippen LogP contribution in [0.1, 0.15) is 61.3 Å². The Balaban J connectivity index is 0.00000210. The highest BCUT2D eigenvalue weighted by atomic mass is 35.5. The van der Waals surface area contributed by atoms with Crippen molar-refractivity contribution in [1.29, 1.82) is 0 Å². The number of halogens is 1. The minimum Gasteiger partial charge on any atom is -0.393 e. The van der Waals surface area contributed by atoms with Crippen LogP contribution in [-0.4, -0.2) is 38.8 Å². The van der Waals surface area contributed by atoms with Crippen LogP contribution in [0.4, 0.5) is 0 Å². The molecule has 27 heavy (non-hydrogen) atoms. The SMILES string of the molecule is Cl.N[C@@H]1CC[C@@H](NC(=O)c2ccc3c(c2)[nH]c(=O)n3C2CCC(O)CC2)C1. The first-order chi connectivity index (χ1) is 12.5. The summed E-state index contributed by atoms with van der Waals surface area (Å²) in [5, 5.41) is 12.7. The fraction of sp³-hybridized carbons (Fsp3) is 0.579. The molecule has 1 heterocycles. The van der Waals surface area contributed by atoms with Crippen LogP contribution in [0, 0.1) is 0 Å². The predicted octanol–water partition coefficient (Wildman–Crippen LogP) is 1.84. The second-order valence-corrected chi connectivity index (χ2v) is 7.74. The summed E-state index contributed by atoms with van der Waals surface area (Å²) in [6.07, 6.45) is 5.42. The highest BCUT2D eigenvalue weighted by Crippen LogP contribution is 2.30. The van der Waals surface area contributed by atoms with Crippen molar-refractivity contribution in [3.05, 3.63) is 34.2 Å². The minimum absolute atomic E-state index is 0. The monoisotopic (exact) mass is 394 g/mol. The second-order valence-electron chi connectivity index (χ2n) is 7.74. The van der Waals surface area contributed by atoms with Gasteiger partial charge in [0.05, 0.1) is 17.1 Å². The van der Waals surface area contributed by atoms with Crippen molar-refractivity contribution in [2.75, 3.05) is 0 Å². The Labute approximate surface area is 163 Å². The molecule has 2 aliphatic rings. The molecule has 1 amide bonds. The number of H-pyrrole nitrogens is 1. The topological polar surface area (TPSA) is 113 Å². The van der Waals surface area contributed by atoms with Gasteiger partial charge in [0.2, 0.25) is 0 Å². The molecule has 8 heteroatoms. The summed E-state index contributed by atoms with van der Waals surface area (Å²) in [4.78, 5) is 27.8. The number of carbonyl (C=O) groups excluding carboxylic acids is 1. The number of rotatable bonds is 3. The van der Waals surface area contributed by atoms with E-state index < -0.39 is 0 Å². The minimum atomic E-state index is -0.258. The molecule has 2 aliphatic carbocycles. The van der Waals surface area contributed by atoms with Gasteiger partial charge in [0, 0.05) is 23.7 Å². The summed E-state index contributed by atoms with van der Waals surface area (Å²) >= 11 is 0. The van der Waals surface area contributed by atoms with Crippen molar-refractivity contribution in [3.63, 3.8) is 0 Å². The van der Waals surface area contributed by atoms with Gasteiger partial charge in [-0.1, -0.05) is 0 Å². The molecule has 2 aromatic rings. The standard InChI is InChI=1S/C19H26N4O3.ClH/c20-12-2-3-13(10-12)21-18(25)11-1-8-17-16(9-11)22-19(26)23(17)14-4-6-15(24)7-5-14;/h1,8-9,12-15,24H,2-7,10,20H2,(H,21,25)(H,22,26);1H/t12-,13-,14?,15?;/m1./s1. The molecule has 2 atom stereocenters. The third-order valence-corrected chi connectivity index (χ3v) is 5.82. The van der Waals surface area contributed by atoms with Crippen LogP contribution in [0.15, 0.2) is 23.0 Å². The van der Waals surface area contributed by atoms with Gasteiger partial charge in [0.25, 0.3) is 5.91 Å². The number of imidazole rings is 1. The zero-order chi connectivity index (χ0) is 18.3. The molecule has 0 saturated heterocycles. The normalized spacial score (nSPS) is 28.1. The van der Waals surface area contributed by atoms with Gasteiger partial charge in [0.15, 0.2) is 0 Å². The molecule has 2 saturated carbocycles. The van der Waals surface area contributed by atoms with Gasteiger partial charge in [-0.05, 0) is 63.1 Å². The molecule has 5 N–H and O–H groups in total. The van der Waals surface area contributed by atoms with E-state index in [1.165, 1.54) is 0 Å². The molecule has 0 unspecified atom stereocenters. The highest BCUT2D eigenvalue weighted by Gasteiger charge is 2.25. The Morgan fingerprint density at radius 1 is 1.19 bits per heavy atom. The Kier molecular flexibility index (Phi) is 5.93. The lowest BCUT2D eigenvalue weighted by atomic mass is 9.93. The number of amides is 1. The number of fused-ring (bicyclic) bond motifs is 1. The third-order valence-electron chi connectivity index (χ3n) is 5.82. The maximum Gasteiger partial charge on any atom is 0.326 e. The summed E-state index contributed by atoms with van der Waals surface area (Å²) in [5.41, 5.74) is 7.79. The van der Waals surface area contributed by atoms with E-state index in [2.05, 4.69) is 10.3 Å². The van der Waals surface area contributed by atoms with Crippen LogP contribution in [-0.2, 0) is 0 Å². The lowest BCUT2D eigenvalue weighted by molar-refractivity contribution is 0.0937. The van der Waals surface area contributed by atoms with Crippen LogP contribution in [0.3, 0.4) is 0 Å². The molecule has 2 fully saturated rings. The number of aliphatic hydroxyl groups excluding tert-OH is 1. The van der Waals surface area contributed by atoms with Gasteiger partial charge in [-0.2, -0.15) is 0 Å². The molecule has 0 radical (unpaired) electrons. The molecular weight excluding hydrogens is 368 g/mol. The molecule has 1 aromatic heterocycles. The molecule has 0 aliphatic heterocycles. The zero-order valence-electron chi connectivity index (χ0n) is 15.2. The third kappa shape index (κ3) is 4.05. The summed E-state index contributed by atoms with van der Waals surface area (Å²) in [5.74, 6) is -0.125. The molecule has 1 aromatic carbocycles. The van der Waals surface area contributed by atoms with E-state index in [4.69, 9.17) is 5.73 Å². The second kappa shape index (κ2) is 8.04. The zero-order valence-corrected chi connectivity index (χ0v) is 16.0. The van der Waals surface area contributed by atoms with E-state index in [1.54, 1.807) is 16.7 Å². The maximum absolute atomic E-state index is 12.5. The average molecular weight is 395 g/mol. The van der Waals surface area contributed by atoms with Gasteiger partial charge in [-0.15, -0.1) is 12.4 Å². The van der Waals surface area contributed by atoms with E-state index in [0.29, 0.717) is 23.9 Å². The summed E-state index contributed by atoms with van der Waals surface area (Å²) in [7, 11) is 0. The molecule has 0 spiro atoms. The van der Waals surface area contributed by atoms with Crippen molar-refractivity contribution < 1.29 is 9.90 Å². The van der Waals surface area contributed by atoms with Gasteiger partial charge in [0.1, 0.15) is 0 Å². The largest absolute Gasteiger partial charge is 0.393 e. The fourth-order valence-corrected chi connectivity index (χ4v) is 4.37. The lowest BCUT2D eigenvalue weighted by Gasteiger charge is -2.26. The summed E-state index contributed by atoms with van der Waals surface area (Å²) in [6.45, 7) is 0. The Hall–Kier alpha value is -1.83. The molecule has 4 rings (SSSR count). The maximum atomic E-state index is 12.5. The van der Waals surface area contributed by atoms with Crippen LogP contribution < -0.4 is 16.7 Å². The van der Waals surface area contributed by atoms with E-state index in [-0.39, 0.29) is 48.2 Å². The first-order valence-corrected chi connectivity index (χ1v) is 9.50. The van der Waals surface area contributed by atoms with Crippen LogP contribution >= 0.6 is 12.4 Å². The van der Waals surface area contributed by atoms with Crippen LogP contribution in [0.25, 0.3) is 11.0 Å². The van der Waals surface area contributed by atoms with Gasteiger partial charge >= 0.3 is 5.69 Å². The Bertz CT molecular complexity index is 869. The molecule has 0 bridgehead atoms. The predicted molar refractivity (Wildman–Crippen MR) is 106 cm³/mol. The number of aromatic nitrogens is 2. The van der Waals surface area contributed by atoms with Crippen molar-refractivity contribution in [3.8, 4) is 0 Å². The number of carbonyl (C=O) groups is 1. The number of aliphatic hydroxyl groups is 1.